The van der Waals surface area contributed by atoms with E-state index in [2.05, 4.69) is 12.1 Å². The van der Waals surface area contributed by atoms with E-state index in [1.54, 1.807) is 12.1 Å². The van der Waals surface area contributed by atoms with Gasteiger partial charge in [0.15, 0.2) is 0 Å². The molecular weight excluding hydrogens is 222 g/mol. The first-order chi connectivity index (χ1) is 7.60. The molecule has 0 amide bonds. The van der Waals surface area contributed by atoms with E-state index in [0.29, 0.717) is 5.02 Å². The summed E-state index contributed by atoms with van der Waals surface area (Å²) >= 11 is 5.87. The van der Waals surface area contributed by atoms with Crippen molar-refractivity contribution in [1.82, 2.24) is 4.90 Å². The monoisotopic (exact) mass is 233 g/mol. The summed E-state index contributed by atoms with van der Waals surface area (Å²) in [6, 6.07) is 9.24. The van der Waals surface area contributed by atoms with Crippen LogP contribution in [0.15, 0.2) is 18.2 Å². The van der Waals surface area contributed by atoms with Gasteiger partial charge in [0, 0.05) is 5.02 Å². The van der Waals surface area contributed by atoms with Gasteiger partial charge < -0.3 is 0 Å². The normalized spacial score (nSPS) is 11.9. The van der Waals surface area contributed by atoms with Gasteiger partial charge in [-0.15, -0.1) is 0 Å². The van der Waals surface area contributed by atoms with Gasteiger partial charge in [-0.25, -0.2) is 0 Å². The summed E-state index contributed by atoms with van der Waals surface area (Å²) in [5.74, 6) is 0. The molecule has 0 aliphatic rings. The van der Waals surface area contributed by atoms with Gasteiger partial charge in [0.25, 0.3) is 0 Å². The fourth-order valence-corrected chi connectivity index (χ4v) is 1.74. The number of hydrogen-bond acceptors (Lipinski definition) is 3. The predicted octanol–water partition coefficient (Wildman–Crippen LogP) is 2.53. The maximum Gasteiger partial charge on any atom is 0.123 e. The zero-order valence-corrected chi connectivity index (χ0v) is 9.99. The van der Waals surface area contributed by atoms with Crippen molar-refractivity contribution in [2.75, 3.05) is 14.1 Å². The van der Waals surface area contributed by atoms with Crippen LogP contribution in [0, 0.1) is 22.7 Å². The molecule has 4 heteroatoms. The van der Waals surface area contributed by atoms with Gasteiger partial charge in [-0.1, -0.05) is 17.7 Å². The highest BCUT2D eigenvalue weighted by Crippen LogP contribution is 2.25. The lowest BCUT2D eigenvalue weighted by molar-refractivity contribution is 0.357. The summed E-state index contributed by atoms with van der Waals surface area (Å²) in [5.41, 5.74) is 1.66. The average Bonchev–Trinajstić information content (AvgIpc) is 2.22. The van der Waals surface area contributed by atoms with Gasteiger partial charge in [-0.3, -0.25) is 4.90 Å². The standard InChI is InChI=1S/C12H12ClN3/c1-16(2)12(8-15)11-4-3-10(13)7-9(11)5-6-14/h3-4,7,12H,5H2,1-2H3. The molecule has 1 rings (SSSR count). The molecule has 0 bridgehead atoms. The van der Waals surface area contributed by atoms with Crippen LogP contribution in [0.2, 0.25) is 5.02 Å². The number of nitrogens with zero attached hydrogens (tertiary/aromatic N) is 3. The zero-order chi connectivity index (χ0) is 12.1. The van der Waals surface area contributed by atoms with Gasteiger partial charge in [-0.05, 0) is 37.4 Å². The van der Waals surface area contributed by atoms with Crippen LogP contribution in [0.5, 0.6) is 0 Å². The molecule has 0 saturated heterocycles. The smallest absolute Gasteiger partial charge is 0.123 e. The molecule has 0 N–H and O–H groups in total. The Kier molecular flexibility index (Phi) is 4.31. The van der Waals surface area contributed by atoms with Crippen LogP contribution >= 0.6 is 11.6 Å². The summed E-state index contributed by atoms with van der Waals surface area (Å²) in [5, 5.41) is 18.4. The van der Waals surface area contributed by atoms with Crippen molar-refractivity contribution in [1.29, 1.82) is 10.5 Å². The van der Waals surface area contributed by atoms with Crippen LogP contribution in [0.3, 0.4) is 0 Å². The molecule has 0 radical (unpaired) electrons. The zero-order valence-electron chi connectivity index (χ0n) is 9.24. The van der Waals surface area contributed by atoms with Gasteiger partial charge >= 0.3 is 0 Å². The second kappa shape index (κ2) is 5.51. The largest absolute Gasteiger partial charge is 0.291 e. The minimum absolute atomic E-state index is 0.266. The number of benzene rings is 1. The summed E-state index contributed by atoms with van der Waals surface area (Å²) in [7, 11) is 3.66. The molecule has 0 spiro atoms. The topological polar surface area (TPSA) is 50.8 Å². The maximum atomic E-state index is 9.10. The van der Waals surface area contributed by atoms with Crippen molar-refractivity contribution in [3.8, 4) is 12.1 Å². The first kappa shape index (κ1) is 12.5. The van der Waals surface area contributed by atoms with Crippen LogP contribution in [0.25, 0.3) is 0 Å². The third kappa shape index (κ3) is 2.73. The highest BCUT2D eigenvalue weighted by molar-refractivity contribution is 6.30. The molecule has 1 aromatic rings. The minimum Gasteiger partial charge on any atom is -0.291 e. The Balaban J connectivity index is 3.22. The second-order valence-corrected chi connectivity index (χ2v) is 4.11. The SMILES string of the molecule is CN(C)C(C#N)c1ccc(Cl)cc1CC#N. The molecule has 1 aromatic carbocycles. The van der Waals surface area contributed by atoms with Gasteiger partial charge in [0.05, 0.1) is 18.6 Å². The molecule has 82 valence electrons. The summed E-state index contributed by atoms with van der Waals surface area (Å²) < 4.78 is 0. The Morgan fingerprint density at radius 1 is 1.38 bits per heavy atom. The van der Waals surface area contributed by atoms with Crippen LogP contribution < -0.4 is 0 Å². The van der Waals surface area contributed by atoms with Crippen LogP contribution in [-0.2, 0) is 6.42 Å². The third-order valence-corrected chi connectivity index (χ3v) is 2.54. The summed E-state index contributed by atoms with van der Waals surface area (Å²) in [6.07, 6.45) is 0.266. The van der Waals surface area contributed by atoms with E-state index >= 15 is 0 Å². The maximum absolute atomic E-state index is 9.10. The number of hydrogen-bond donors (Lipinski definition) is 0. The fourth-order valence-electron chi connectivity index (χ4n) is 1.54. The van der Waals surface area contributed by atoms with Crippen molar-refractivity contribution in [3.05, 3.63) is 34.3 Å². The molecule has 16 heavy (non-hydrogen) atoms. The van der Waals surface area contributed by atoms with E-state index < -0.39 is 0 Å². The predicted molar refractivity (Wildman–Crippen MR) is 62.8 cm³/mol. The molecule has 0 fully saturated rings. The Morgan fingerprint density at radius 3 is 2.56 bits per heavy atom. The van der Waals surface area contributed by atoms with Crippen LogP contribution in [-0.4, -0.2) is 19.0 Å². The molecule has 0 aliphatic carbocycles. The second-order valence-electron chi connectivity index (χ2n) is 3.67. The van der Waals surface area contributed by atoms with E-state index in [1.807, 2.05) is 25.1 Å². The van der Waals surface area contributed by atoms with Crippen molar-refractivity contribution < 1.29 is 0 Å². The van der Waals surface area contributed by atoms with E-state index in [4.69, 9.17) is 22.1 Å². The fraction of sp³-hybridized carbons (Fsp3) is 0.333. The van der Waals surface area contributed by atoms with Crippen molar-refractivity contribution >= 4 is 11.6 Å². The van der Waals surface area contributed by atoms with E-state index in [9.17, 15) is 0 Å². The van der Waals surface area contributed by atoms with Crippen molar-refractivity contribution in [2.24, 2.45) is 0 Å². The minimum atomic E-state index is -0.347. The molecule has 3 nitrogen and oxygen atoms in total. The lowest BCUT2D eigenvalue weighted by Gasteiger charge is -2.19. The number of nitriles is 2. The Bertz CT molecular complexity index is 454. The molecule has 1 atom stereocenters. The lowest BCUT2D eigenvalue weighted by atomic mass is 9.98. The first-order valence-electron chi connectivity index (χ1n) is 4.81. The van der Waals surface area contributed by atoms with Crippen molar-refractivity contribution in [2.45, 2.75) is 12.5 Å². The molecule has 0 aromatic heterocycles. The molecule has 0 aliphatic heterocycles. The highest BCUT2D eigenvalue weighted by atomic mass is 35.5. The lowest BCUT2D eigenvalue weighted by Crippen LogP contribution is -2.19. The Morgan fingerprint density at radius 2 is 2.06 bits per heavy atom. The van der Waals surface area contributed by atoms with Crippen LogP contribution in [0.1, 0.15) is 17.2 Å². The molecule has 1 unspecified atom stereocenters. The van der Waals surface area contributed by atoms with Crippen LogP contribution in [0.4, 0.5) is 0 Å². The van der Waals surface area contributed by atoms with E-state index in [0.717, 1.165) is 11.1 Å². The number of halogens is 1. The van der Waals surface area contributed by atoms with Crippen molar-refractivity contribution in [3.63, 3.8) is 0 Å². The highest BCUT2D eigenvalue weighted by Gasteiger charge is 2.16. The summed E-state index contributed by atoms with van der Waals surface area (Å²) in [4.78, 5) is 1.81. The molecule has 0 saturated carbocycles. The third-order valence-electron chi connectivity index (χ3n) is 2.31. The Hall–Kier alpha value is -1.55. The number of rotatable bonds is 3. The average molecular weight is 234 g/mol. The van der Waals surface area contributed by atoms with E-state index in [1.165, 1.54) is 0 Å². The first-order valence-corrected chi connectivity index (χ1v) is 5.19. The van der Waals surface area contributed by atoms with E-state index in [-0.39, 0.29) is 12.5 Å². The molecule has 0 heterocycles. The quantitative estimate of drug-likeness (QED) is 0.806. The van der Waals surface area contributed by atoms with Gasteiger partial charge in [0.2, 0.25) is 0 Å². The van der Waals surface area contributed by atoms with Gasteiger partial charge in [0.1, 0.15) is 6.04 Å². The Labute approximate surface area is 100 Å². The molecular formula is C12H12ClN3. The summed E-state index contributed by atoms with van der Waals surface area (Å²) in [6.45, 7) is 0. The van der Waals surface area contributed by atoms with Gasteiger partial charge in [-0.2, -0.15) is 10.5 Å².